The predicted octanol–water partition coefficient (Wildman–Crippen LogP) is 5.07. The molecule has 0 aliphatic rings. The van der Waals surface area contributed by atoms with Crippen LogP contribution >= 0.6 is 22.9 Å². The van der Waals surface area contributed by atoms with Crippen LogP contribution in [0.4, 0.5) is 0 Å². The van der Waals surface area contributed by atoms with Crippen molar-refractivity contribution in [1.29, 1.82) is 5.26 Å². The Labute approximate surface area is 126 Å². The molecule has 0 saturated heterocycles. The van der Waals surface area contributed by atoms with Crippen LogP contribution in [0.25, 0.3) is 21.5 Å². The lowest BCUT2D eigenvalue weighted by Crippen LogP contribution is -1.93. The van der Waals surface area contributed by atoms with E-state index in [0.29, 0.717) is 17.9 Å². The fraction of sp³-hybridized carbons (Fsp3) is 0.125. The van der Waals surface area contributed by atoms with Crippen LogP contribution in [0.3, 0.4) is 0 Å². The number of nitriles is 1. The number of rotatable bonds is 3. The quantitative estimate of drug-likeness (QED) is 0.676. The maximum atomic E-state index is 8.82. The summed E-state index contributed by atoms with van der Waals surface area (Å²) >= 11 is 7.70. The molecule has 2 nitrogen and oxygen atoms in total. The topological polar surface area (TPSA) is 36.7 Å². The molecule has 0 atom stereocenters. The molecule has 0 saturated carbocycles. The summed E-state index contributed by atoms with van der Waals surface area (Å²) in [4.78, 5) is 5.89. The van der Waals surface area contributed by atoms with Crippen LogP contribution in [0, 0.1) is 11.3 Å². The summed E-state index contributed by atoms with van der Waals surface area (Å²) in [7, 11) is 0. The first-order valence-electron chi connectivity index (χ1n) is 6.28. The van der Waals surface area contributed by atoms with E-state index in [4.69, 9.17) is 21.8 Å². The summed E-state index contributed by atoms with van der Waals surface area (Å²) in [6.07, 6.45) is 1.20. The maximum Gasteiger partial charge on any atom is 0.0841 e. The van der Waals surface area contributed by atoms with E-state index < -0.39 is 0 Å². The lowest BCUT2D eigenvalue weighted by atomic mass is 10.0. The largest absolute Gasteiger partial charge is 0.247 e. The molecule has 20 heavy (non-hydrogen) atoms. The van der Waals surface area contributed by atoms with Gasteiger partial charge in [-0.2, -0.15) is 5.26 Å². The maximum absolute atomic E-state index is 8.82. The summed E-state index contributed by atoms with van der Waals surface area (Å²) in [6.45, 7) is 0. The Hall–Kier alpha value is -1.89. The molecule has 3 aromatic rings. The second-order valence-corrected chi connectivity index (χ2v) is 5.85. The van der Waals surface area contributed by atoms with E-state index in [1.807, 2.05) is 29.6 Å². The summed E-state index contributed by atoms with van der Waals surface area (Å²) in [5.41, 5.74) is 3.01. The van der Waals surface area contributed by atoms with Crippen LogP contribution in [-0.2, 0) is 6.42 Å². The Morgan fingerprint density at radius 1 is 1.25 bits per heavy atom. The van der Waals surface area contributed by atoms with Crippen LogP contribution in [0.5, 0.6) is 0 Å². The zero-order chi connectivity index (χ0) is 13.9. The Bertz CT molecular complexity index is 788. The third kappa shape index (κ3) is 2.53. The van der Waals surface area contributed by atoms with Crippen LogP contribution in [0.1, 0.15) is 12.0 Å². The SMILES string of the molecule is N#CCCc1cc2cc(Cl)ccc2nc1-c1cccs1. The van der Waals surface area contributed by atoms with Gasteiger partial charge in [0, 0.05) is 16.8 Å². The number of aromatic nitrogens is 1. The first kappa shape index (κ1) is 13.1. The molecule has 0 aliphatic heterocycles. The number of hydrogen-bond acceptors (Lipinski definition) is 3. The van der Waals surface area contributed by atoms with Crippen molar-refractivity contribution in [3.8, 4) is 16.6 Å². The normalized spacial score (nSPS) is 10.6. The molecule has 0 N–H and O–H groups in total. The molecule has 2 heterocycles. The standard InChI is InChI=1S/C16H11ClN2S/c17-13-5-6-14-12(10-13)9-11(3-1-7-18)16(19-14)15-4-2-8-20-15/h2,4-6,8-10H,1,3H2. The van der Waals surface area contributed by atoms with E-state index in [2.05, 4.69) is 18.2 Å². The van der Waals surface area contributed by atoms with Crippen LogP contribution < -0.4 is 0 Å². The average molecular weight is 299 g/mol. The van der Waals surface area contributed by atoms with Crippen molar-refractivity contribution >= 4 is 33.8 Å². The van der Waals surface area contributed by atoms with E-state index in [1.54, 1.807) is 11.3 Å². The number of benzene rings is 1. The fourth-order valence-corrected chi connectivity index (χ4v) is 3.13. The Balaban J connectivity index is 2.20. The highest BCUT2D eigenvalue weighted by atomic mass is 35.5. The van der Waals surface area contributed by atoms with Crippen molar-refractivity contribution in [3.05, 3.63) is 52.4 Å². The molecule has 1 aromatic carbocycles. The van der Waals surface area contributed by atoms with Gasteiger partial charge in [0.1, 0.15) is 0 Å². The molecule has 0 amide bonds. The number of halogens is 1. The van der Waals surface area contributed by atoms with Gasteiger partial charge in [0.2, 0.25) is 0 Å². The first-order chi connectivity index (χ1) is 9.78. The molecular formula is C16H11ClN2S. The van der Waals surface area contributed by atoms with Gasteiger partial charge in [0.25, 0.3) is 0 Å². The molecule has 98 valence electrons. The van der Waals surface area contributed by atoms with Gasteiger partial charge in [-0.05, 0) is 47.7 Å². The molecular weight excluding hydrogens is 288 g/mol. The Morgan fingerprint density at radius 3 is 2.90 bits per heavy atom. The van der Waals surface area contributed by atoms with Crippen molar-refractivity contribution < 1.29 is 0 Å². The minimum atomic E-state index is 0.492. The van der Waals surface area contributed by atoms with Crippen molar-refractivity contribution in [2.24, 2.45) is 0 Å². The number of hydrogen-bond donors (Lipinski definition) is 0. The molecule has 0 fully saturated rings. The lowest BCUT2D eigenvalue weighted by Gasteiger charge is -2.08. The molecule has 4 heteroatoms. The zero-order valence-electron chi connectivity index (χ0n) is 10.6. The molecule has 3 rings (SSSR count). The lowest BCUT2D eigenvalue weighted by molar-refractivity contribution is 1.01. The number of thiophene rings is 1. The Morgan fingerprint density at radius 2 is 2.15 bits per heavy atom. The molecule has 0 unspecified atom stereocenters. The average Bonchev–Trinajstić information content (AvgIpc) is 2.98. The third-order valence-electron chi connectivity index (χ3n) is 3.12. The summed E-state index contributed by atoms with van der Waals surface area (Å²) < 4.78 is 0. The molecule has 0 bridgehead atoms. The van der Waals surface area contributed by atoms with Crippen molar-refractivity contribution in [2.75, 3.05) is 0 Å². The van der Waals surface area contributed by atoms with Gasteiger partial charge in [-0.25, -0.2) is 4.98 Å². The summed E-state index contributed by atoms with van der Waals surface area (Å²) in [6, 6.07) is 14.1. The van der Waals surface area contributed by atoms with E-state index in [9.17, 15) is 0 Å². The van der Waals surface area contributed by atoms with Crippen molar-refractivity contribution in [1.82, 2.24) is 4.98 Å². The van der Waals surface area contributed by atoms with E-state index in [-0.39, 0.29) is 0 Å². The summed E-state index contributed by atoms with van der Waals surface area (Å²) in [5.74, 6) is 0. The smallest absolute Gasteiger partial charge is 0.0841 e. The fourth-order valence-electron chi connectivity index (χ4n) is 2.20. The highest BCUT2D eigenvalue weighted by molar-refractivity contribution is 7.13. The van der Waals surface area contributed by atoms with Crippen LogP contribution in [0.15, 0.2) is 41.8 Å². The van der Waals surface area contributed by atoms with Gasteiger partial charge >= 0.3 is 0 Å². The van der Waals surface area contributed by atoms with Crippen molar-refractivity contribution in [2.45, 2.75) is 12.8 Å². The van der Waals surface area contributed by atoms with E-state index in [0.717, 1.165) is 27.0 Å². The Kier molecular flexibility index (Phi) is 3.68. The molecule has 0 spiro atoms. The monoisotopic (exact) mass is 298 g/mol. The first-order valence-corrected chi connectivity index (χ1v) is 7.54. The second kappa shape index (κ2) is 5.62. The second-order valence-electron chi connectivity index (χ2n) is 4.47. The van der Waals surface area contributed by atoms with Gasteiger partial charge < -0.3 is 0 Å². The predicted molar refractivity (Wildman–Crippen MR) is 84.0 cm³/mol. The highest BCUT2D eigenvalue weighted by Crippen LogP contribution is 2.30. The van der Waals surface area contributed by atoms with E-state index in [1.165, 1.54) is 0 Å². The van der Waals surface area contributed by atoms with Gasteiger partial charge in [-0.1, -0.05) is 17.7 Å². The van der Waals surface area contributed by atoms with Gasteiger partial charge in [0.05, 0.1) is 22.2 Å². The number of pyridine rings is 1. The zero-order valence-corrected chi connectivity index (χ0v) is 12.2. The minimum Gasteiger partial charge on any atom is -0.247 e. The van der Waals surface area contributed by atoms with Gasteiger partial charge in [0.15, 0.2) is 0 Å². The molecule has 0 aliphatic carbocycles. The highest BCUT2D eigenvalue weighted by Gasteiger charge is 2.10. The molecule has 0 radical (unpaired) electrons. The van der Waals surface area contributed by atoms with Crippen LogP contribution in [0.2, 0.25) is 5.02 Å². The number of aryl methyl sites for hydroxylation is 1. The van der Waals surface area contributed by atoms with E-state index >= 15 is 0 Å². The van der Waals surface area contributed by atoms with Crippen LogP contribution in [-0.4, -0.2) is 4.98 Å². The van der Waals surface area contributed by atoms with Gasteiger partial charge in [-0.3, -0.25) is 0 Å². The third-order valence-corrected chi connectivity index (χ3v) is 4.23. The number of fused-ring (bicyclic) bond motifs is 1. The van der Waals surface area contributed by atoms with Crippen molar-refractivity contribution in [3.63, 3.8) is 0 Å². The number of nitrogens with zero attached hydrogens (tertiary/aromatic N) is 2. The minimum absolute atomic E-state index is 0.492. The summed E-state index contributed by atoms with van der Waals surface area (Å²) in [5, 5.41) is 12.6. The molecule has 2 aromatic heterocycles. The van der Waals surface area contributed by atoms with Gasteiger partial charge in [-0.15, -0.1) is 11.3 Å².